The first-order chi connectivity index (χ1) is 15.5. The van der Waals surface area contributed by atoms with E-state index in [2.05, 4.69) is 73.6 Å². The second-order valence-corrected chi connectivity index (χ2v) is 17.4. The highest BCUT2D eigenvalue weighted by atomic mass is 28.4. The summed E-state index contributed by atoms with van der Waals surface area (Å²) in [5.74, 6) is 1.33. The maximum absolute atomic E-state index is 12.6. The molecule has 3 rings (SSSR count). The molecule has 1 fully saturated rings. The smallest absolute Gasteiger partial charge is 0.308 e. The Bertz CT molecular complexity index is 718. The molecule has 1 heterocycles. The molecule has 33 heavy (non-hydrogen) atoms. The molecule has 2 aliphatic carbocycles. The summed E-state index contributed by atoms with van der Waals surface area (Å²) in [6.45, 7) is 18.2. The Balaban J connectivity index is 1.69. The average molecular weight is 477 g/mol. The molecule has 0 saturated carbocycles. The van der Waals surface area contributed by atoms with E-state index in [-0.39, 0.29) is 30.2 Å². The summed E-state index contributed by atoms with van der Waals surface area (Å²) in [5.41, 5.74) is 2.81. The monoisotopic (exact) mass is 476 g/mol. The fourth-order valence-corrected chi connectivity index (χ4v) is 12.9. The number of hydrogen-bond donors (Lipinski definition) is 1. The van der Waals surface area contributed by atoms with Crippen molar-refractivity contribution in [2.45, 2.75) is 122 Å². The van der Waals surface area contributed by atoms with Gasteiger partial charge in [0.15, 0.2) is 0 Å². The Hall–Kier alpha value is -0.913. The van der Waals surface area contributed by atoms with Crippen molar-refractivity contribution in [1.82, 2.24) is 0 Å². The normalized spacial score (nSPS) is 35.1. The van der Waals surface area contributed by atoms with E-state index in [4.69, 9.17) is 9.16 Å². The quantitative estimate of drug-likeness (QED) is 0.309. The molecule has 1 saturated heterocycles. The van der Waals surface area contributed by atoms with Gasteiger partial charge in [0, 0.05) is 12.3 Å². The Kier molecular flexibility index (Phi) is 8.72. The molecule has 188 valence electrons. The van der Waals surface area contributed by atoms with Crippen LogP contribution in [0.15, 0.2) is 23.8 Å². The van der Waals surface area contributed by atoms with Crippen molar-refractivity contribution in [1.29, 1.82) is 0 Å². The maximum atomic E-state index is 12.6. The molecule has 0 bridgehead atoms. The third kappa shape index (κ3) is 5.67. The van der Waals surface area contributed by atoms with Gasteiger partial charge in [0.25, 0.3) is 0 Å². The average Bonchev–Trinajstić information content (AvgIpc) is 2.70. The van der Waals surface area contributed by atoms with Gasteiger partial charge in [-0.05, 0) is 59.2 Å². The van der Waals surface area contributed by atoms with Gasteiger partial charge in [-0.2, -0.15) is 0 Å². The highest BCUT2D eigenvalue weighted by molar-refractivity contribution is 6.77. The molecule has 3 aliphatic rings. The van der Waals surface area contributed by atoms with Crippen molar-refractivity contribution in [3.63, 3.8) is 0 Å². The Morgan fingerprint density at radius 3 is 2.30 bits per heavy atom. The molecule has 0 spiro atoms. The molecule has 0 unspecified atom stereocenters. The first kappa shape index (κ1) is 26.7. The SMILES string of the molecule is CC(C)[Si](O[C@H]1CC(=O)O[C@H](CC[C@@H]2[C@@H]3C(=C[C@H](C)C[C@@H]3O)C=C[C@@H]2C)C1)(C(C)C)C(C)C. The lowest BCUT2D eigenvalue weighted by atomic mass is 9.65. The first-order valence-corrected chi connectivity index (χ1v) is 15.5. The molecule has 0 radical (unpaired) electrons. The topological polar surface area (TPSA) is 55.8 Å². The van der Waals surface area contributed by atoms with Gasteiger partial charge in [-0.15, -0.1) is 0 Å². The van der Waals surface area contributed by atoms with Crippen LogP contribution in [0, 0.1) is 23.7 Å². The Labute approximate surface area is 203 Å². The minimum Gasteiger partial charge on any atom is -0.462 e. The van der Waals surface area contributed by atoms with E-state index in [9.17, 15) is 9.90 Å². The zero-order valence-electron chi connectivity index (χ0n) is 22.2. The van der Waals surface area contributed by atoms with E-state index in [1.807, 2.05) is 0 Å². The lowest BCUT2D eigenvalue weighted by molar-refractivity contribution is -0.160. The van der Waals surface area contributed by atoms with Crippen LogP contribution < -0.4 is 0 Å². The van der Waals surface area contributed by atoms with Gasteiger partial charge in [0.2, 0.25) is 8.32 Å². The van der Waals surface area contributed by atoms with E-state index in [1.165, 1.54) is 5.57 Å². The zero-order chi connectivity index (χ0) is 24.5. The summed E-state index contributed by atoms with van der Waals surface area (Å²) < 4.78 is 12.8. The third-order valence-electron chi connectivity index (χ3n) is 8.74. The number of aliphatic hydroxyl groups is 1. The zero-order valence-corrected chi connectivity index (χ0v) is 23.2. The molecule has 0 aromatic carbocycles. The predicted octanol–water partition coefficient (Wildman–Crippen LogP) is 6.80. The number of carbonyl (C=O) groups is 1. The maximum Gasteiger partial charge on any atom is 0.308 e. The molecule has 1 aliphatic heterocycles. The molecule has 0 amide bonds. The van der Waals surface area contributed by atoms with Gasteiger partial charge in [0.05, 0.1) is 18.6 Å². The summed E-state index contributed by atoms with van der Waals surface area (Å²) >= 11 is 0. The van der Waals surface area contributed by atoms with Gasteiger partial charge in [-0.1, -0.05) is 73.6 Å². The summed E-state index contributed by atoms with van der Waals surface area (Å²) in [5, 5.41) is 10.9. The molecular weight excluding hydrogens is 428 g/mol. The number of cyclic esters (lactones) is 1. The largest absolute Gasteiger partial charge is 0.462 e. The van der Waals surface area contributed by atoms with Crippen LogP contribution in [-0.2, 0) is 14.0 Å². The van der Waals surface area contributed by atoms with Crippen molar-refractivity contribution in [2.24, 2.45) is 23.7 Å². The highest BCUT2D eigenvalue weighted by Crippen LogP contribution is 2.46. The summed E-state index contributed by atoms with van der Waals surface area (Å²) in [6.07, 6.45) is 10.3. The van der Waals surface area contributed by atoms with Gasteiger partial charge in [-0.3, -0.25) is 4.79 Å². The van der Waals surface area contributed by atoms with E-state index in [1.54, 1.807) is 0 Å². The van der Waals surface area contributed by atoms with Crippen LogP contribution in [0.5, 0.6) is 0 Å². The lowest BCUT2D eigenvalue weighted by Gasteiger charge is -2.46. The first-order valence-electron chi connectivity index (χ1n) is 13.4. The van der Waals surface area contributed by atoms with Crippen LogP contribution in [0.3, 0.4) is 0 Å². The predicted molar refractivity (Wildman–Crippen MR) is 137 cm³/mol. The lowest BCUT2D eigenvalue weighted by Crippen LogP contribution is -2.52. The molecule has 7 atom stereocenters. The number of esters is 1. The van der Waals surface area contributed by atoms with Crippen LogP contribution in [0.4, 0.5) is 0 Å². The molecule has 0 aromatic rings. The summed E-state index contributed by atoms with van der Waals surface area (Å²) in [6, 6.07) is 0. The summed E-state index contributed by atoms with van der Waals surface area (Å²) in [4.78, 5) is 12.6. The van der Waals surface area contributed by atoms with E-state index >= 15 is 0 Å². The van der Waals surface area contributed by atoms with Gasteiger partial charge >= 0.3 is 5.97 Å². The number of fused-ring (bicyclic) bond motifs is 1. The number of rotatable bonds is 8. The molecule has 0 aromatic heterocycles. The van der Waals surface area contributed by atoms with Crippen LogP contribution in [-0.4, -0.2) is 37.7 Å². The highest BCUT2D eigenvalue weighted by Gasteiger charge is 2.48. The van der Waals surface area contributed by atoms with Crippen LogP contribution >= 0.6 is 0 Å². The number of carbonyl (C=O) groups excluding carboxylic acids is 1. The minimum atomic E-state index is -2.04. The Morgan fingerprint density at radius 2 is 1.70 bits per heavy atom. The Morgan fingerprint density at radius 1 is 1.06 bits per heavy atom. The van der Waals surface area contributed by atoms with Crippen LogP contribution in [0.1, 0.15) is 87.5 Å². The molecular formula is C28H48O4Si. The van der Waals surface area contributed by atoms with Crippen molar-refractivity contribution >= 4 is 14.3 Å². The number of allylic oxidation sites excluding steroid dienone is 3. The summed E-state index contributed by atoms with van der Waals surface area (Å²) in [7, 11) is -2.04. The van der Waals surface area contributed by atoms with E-state index in [0.29, 0.717) is 40.8 Å². The number of aliphatic hydroxyl groups excluding tert-OH is 1. The van der Waals surface area contributed by atoms with E-state index in [0.717, 1.165) is 25.7 Å². The van der Waals surface area contributed by atoms with Crippen LogP contribution in [0.25, 0.3) is 0 Å². The second-order valence-electron chi connectivity index (χ2n) is 12.0. The van der Waals surface area contributed by atoms with Gasteiger partial charge < -0.3 is 14.3 Å². The van der Waals surface area contributed by atoms with Gasteiger partial charge in [0.1, 0.15) is 6.10 Å². The molecule has 5 heteroatoms. The minimum absolute atomic E-state index is 0.0321. The van der Waals surface area contributed by atoms with E-state index < -0.39 is 8.32 Å². The van der Waals surface area contributed by atoms with Crippen molar-refractivity contribution in [3.8, 4) is 0 Å². The van der Waals surface area contributed by atoms with Crippen LogP contribution in [0.2, 0.25) is 16.6 Å². The molecule has 4 nitrogen and oxygen atoms in total. The third-order valence-corrected chi connectivity index (χ3v) is 14.9. The molecule has 1 N–H and O–H groups in total. The number of ether oxygens (including phenoxy) is 1. The van der Waals surface area contributed by atoms with Crippen molar-refractivity contribution in [2.75, 3.05) is 0 Å². The standard InChI is InChI=1S/C28H48O4Si/c1-17(2)33(18(3)4,19(5)6)32-24-15-23(31-27(30)16-24)11-12-25-21(8)9-10-22-13-20(7)14-26(29)28(22)25/h9-10,13,17-21,23-26,28-29H,11-12,14-16H2,1-8H3/t20-,21-,23+,24+,25-,26-,28-/m0/s1. The van der Waals surface area contributed by atoms with Crippen molar-refractivity contribution < 1.29 is 19.1 Å². The second kappa shape index (κ2) is 10.8. The van der Waals surface area contributed by atoms with Crippen molar-refractivity contribution in [3.05, 3.63) is 23.8 Å². The fourth-order valence-electron chi connectivity index (χ4n) is 7.32. The van der Waals surface area contributed by atoms with Gasteiger partial charge in [-0.25, -0.2) is 0 Å². The number of hydrogen-bond acceptors (Lipinski definition) is 4. The fraction of sp³-hybridized carbons (Fsp3) is 0.821.